The van der Waals surface area contributed by atoms with E-state index >= 15 is 0 Å². The average molecular weight is 485 g/mol. The lowest BCUT2D eigenvalue weighted by Crippen LogP contribution is -2.38. The van der Waals surface area contributed by atoms with Crippen LogP contribution in [-0.4, -0.2) is 11.0 Å². The summed E-state index contributed by atoms with van der Waals surface area (Å²) >= 11 is 13.7. The summed E-state index contributed by atoms with van der Waals surface area (Å²) in [7, 11) is 0. The lowest BCUT2D eigenvalue weighted by Gasteiger charge is -2.38. The van der Waals surface area contributed by atoms with E-state index in [1.807, 2.05) is 6.07 Å². The van der Waals surface area contributed by atoms with Crippen molar-refractivity contribution in [2.45, 2.75) is 51.6 Å². The summed E-state index contributed by atoms with van der Waals surface area (Å²) in [5, 5.41) is 6.15. The van der Waals surface area contributed by atoms with Gasteiger partial charge in [-0.15, -0.1) is 22.7 Å². The molecule has 1 fully saturated rings. The molecular weight excluding hydrogens is 462 g/mol. The summed E-state index contributed by atoms with van der Waals surface area (Å²) in [5.74, 6) is 0.371. The maximum atomic E-state index is 6.59. The van der Waals surface area contributed by atoms with Crippen LogP contribution in [0.1, 0.15) is 48.8 Å². The highest BCUT2D eigenvalue weighted by Gasteiger charge is 2.36. The summed E-state index contributed by atoms with van der Waals surface area (Å²) in [6.07, 6.45) is 3.37. The Kier molecular flexibility index (Phi) is 5.56. The molecule has 4 rings (SSSR count). The smallest absolute Gasteiger partial charge is 0.131 e. The van der Waals surface area contributed by atoms with Gasteiger partial charge in [0.15, 0.2) is 0 Å². The topological polar surface area (TPSA) is 50.9 Å². The Bertz CT molecular complexity index is 952. The number of pyridine rings is 1. The number of nitrogens with two attached hydrogens (primary N) is 1. The minimum absolute atomic E-state index is 0.177. The fourth-order valence-corrected chi connectivity index (χ4v) is 7.09. The molecule has 3 aromatic rings. The number of thiophene rings is 2. The van der Waals surface area contributed by atoms with Crippen molar-refractivity contribution in [2.75, 3.05) is 5.32 Å². The molecule has 1 saturated carbocycles. The van der Waals surface area contributed by atoms with E-state index in [4.69, 9.17) is 17.3 Å². The third-order valence-corrected chi connectivity index (χ3v) is 8.86. The monoisotopic (exact) mass is 483 g/mol. The van der Waals surface area contributed by atoms with Crippen LogP contribution >= 0.6 is 50.2 Å². The standard InChI is InChI=1S/C20H23BrClN3S2/c1-20(2)6-5-12(13(23)9-20)18-16(21)17-19(27-18)14(8-15(22)25-17)24-10-11-4-3-7-26-11/h3-4,7-8,12-13H,5-6,9-10,23H2,1-2H3,(H,24,25)/t12-,13-/m0/s1. The van der Waals surface area contributed by atoms with Crippen molar-refractivity contribution in [3.8, 4) is 0 Å². The Morgan fingerprint density at radius 1 is 1.44 bits per heavy atom. The Balaban J connectivity index is 1.69. The van der Waals surface area contributed by atoms with E-state index in [2.05, 4.69) is 57.6 Å². The van der Waals surface area contributed by atoms with Gasteiger partial charge in [-0.1, -0.05) is 31.5 Å². The van der Waals surface area contributed by atoms with Gasteiger partial charge in [0.1, 0.15) is 5.15 Å². The number of halogens is 2. The van der Waals surface area contributed by atoms with Crippen LogP contribution in [0.4, 0.5) is 5.69 Å². The summed E-state index contributed by atoms with van der Waals surface area (Å²) in [4.78, 5) is 7.20. The number of nitrogens with zero attached hydrogens (tertiary/aromatic N) is 1. The van der Waals surface area contributed by atoms with Gasteiger partial charge in [0, 0.05) is 34.3 Å². The van der Waals surface area contributed by atoms with Crippen molar-refractivity contribution in [3.63, 3.8) is 0 Å². The highest BCUT2D eigenvalue weighted by Crippen LogP contribution is 2.49. The molecule has 27 heavy (non-hydrogen) atoms. The Hall–Kier alpha value is -0.660. The average Bonchev–Trinajstić information content (AvgIpc) is 3.21. The lowest BCUT2D eigenvalue weighted by molar-refractivity contribution is 0.200. The molecule has 1 aliphatic rings. The predicted molar refractivity (Wildman–Crippen MR) is 122 cm³/mol. The summed E-state index contributed by atoms with van der Waals surface area (Å²) in [6, 6.07) is 6.31. The normalized spacial score (nSPS) is 22.3. The molecule has 0 radical (unpaired) electrons. The van der Waals surface area contributed by atoms with Crippen molar-refractivity contribution in [2.24, 2.45) is 11.1 Å². The second kappa shape index (κ2) is 7.64. The SMILES string of the molecule is CC1(C)CC[C@H](c2sc3c(NCc4cccs4)cc(Cl)nc3c2Br)[C@@H](N)C1. The fraction of sp³-hybridized carbons (Fsp3) is 0.450. The third kappa shape index (κ3) is 4.06. The molecule has 0 amide bonds. The van der Waals surface area contributed by atoms with Crippen molar-refractivity contribution in [1.29, 1.82) is 0 Å². The number of rotatable bonds is 4. The molecule has 3 N–H and O–H groups in total. The number of fused-ring (bicyclic) bond motifs is 1. The van der Waals surface area contributed by atoms with Gasteiger partial charge in [-0.05, 0) is 52.1 Å². The number of anilines is 1. The molecule has 0 bridgehead atoms. The highest BCUT2D eigenvalue weighted by atomic mass is 79.9. The van der Waals surface area contributed by atoms with Crippen LogP contribution in [0.25, 0.3) is 10.2 Å². The second-order valence-corrected chi connectivity index (χ2v) is 11.3. The maximum Gasteiger partial charge on any atom is 0.131 e. The first-order valence-corrected chi connectivity index (χ1v) is 12.0. The number of hydrogen-bond donors (Lipinski definition) is 2. The van der Waals surface area contributed by atoms with Crippen molar-refractivity contribution in [3.05, 3.63) is 43.0 Å². The zero-order chi connectivity index (χ0) is 19.2. The summed E-state index contributed by atoms with van der Waals surface area (Å²) < 4.78 is 2.21. The van der Waals surface area contributed by atoms with E-state index in [1.54, 1.807) is 22.7 Å². The van der Waals surface area contributed by atoms with Crippen LogP contribution < -0.4 is 11.1 Å². The van der Waals surface area contributed by atoms with Crippen molar-refractivity contribution >= 4 is 66.1 Å². The van der Waals surface area contributed by atoms with Gasteiger partial charge in [0.25, 0.3) is 0 Å². The molecule has 144 valence electrons. The Morgan fingerprint density at radius 3 is 2.96 bits per heavy atom. The maximum absolute atomic E-state index is 6.59. The van der Waals surface area contributed by atoms with E-state index in [-0.39, 0.29) is 6.04 Å². The molecule has 3 heterocycles. The largest absolute Gasteiger partial charge is 0.379 e. The van der Waals surface area contributed by atoms with Gasteiger partial charge >= 0.3 is 0 Å². The second-order valence-electron chi connectivity index (χ2n) is 8.06. The van der Waals surface area contributed by atoms with E-state index < -0.39 is 0 Å². The molecule has 7 heteroatoms. The van der Waals surface area contributed by atoms with E-state index in [9.17, 15) is 0 Å². The van der Waals surface area contributed by atoms with Crippen LogP contribution in [0.2, 0.25) is 5.15 Å². The molecule has 0 unspecified atom stereocenters. The van der Waals surface area contributed by atoms with Crippen LogP contribution in [0.3, 0.4) is 0 Å². The Morgan fingerprint density at radius 2 is 2.26 bits per heavy atom. The first-order chi connectivity index (χ1) is 12.8. The van der Waals surface area contributed by atoms with Crippen LogP contribution in [-0.2, 0) is 6.54 Å². The predicted octanol–water partition coefficient (Wildman–Crippen LogP) is 7.01. The first-order valence-electron chi connectivity index (χ1n) is 9.14. The van der Waals surface area contributed by atoms with Gasteiger partial charge in [-0.3, -0.25) is 0 Å². The van der Waals surface area contributed by atoms with E-state index in [1.165, 1.54) is 16.2 Å². The quantitative estimate of drug-likeness (QED) is 0.392. The van der Waals surface area contributed by atoms with Crippen LogP contribution in [0.15, 0.2) is 28.1 Å². The van der Waals surface area contributed by atoms with Gasteiger partial charge in [0.05, 0.1) is 20.4 Å². The Labute approximate surface area is 181 Å². The number of aromatic nitrogens is 1. The summed E-state index contributed by atoms with van der Waals surface area (Å²) in [6.45, 7) is 5.42. The van der Waals surface area contributed by atoms with Gasteiger partial charge in [-0.2, -0.15) is 0 Å². The van der Waals surface area contributed by atoms with Gasteiger partial charge in [-0.25, -0.2) is 4.98 Å². The van der Waals surface area contributed by atoms with Crippen molar-refractivity contribution < 1.29 is 0 Å². The molecule has 3 nitrogen and oxygen atoms in total. The molecule has 0 saturated heterocycles. The molecule has 0 aromatic carbocycles. The molecule has 0 spiro atoms. The molecule has 3 aromatic heterocycles. The van der Waals surface area contributed by atoms with Gasteiger partial charge in [0.2, 0.25) is 0 Å². The lowest BCUT2D eigenvalue weighted by atomic mass is 9.70. The summed E-state index contributed by atoms with van der Waals surface area (Å²) in [5.41, 5.74) is 8.90. The number of nitrogens with one attached hydrogen (secondary N) is 1. The molecule has 2 atom stereocenters. The zero-order valence-electron chi connectivity index (χ0n) is 15.4. The molecule has 0 aliphatic heterocycles. The molecule has 1 aliphatic carbocycles. The third-order valence-electron chi connectivity index (χ3n) is 5.39. The van der Waals surface area contributed by atoms with E-state index in [0.29, 0.717) is 16.5 Å². The van der Waals surface area contributed by atoms with E-state index in [0.717, 1.165) is 39.8 Å². The van der Waals surface area contributed by atoms with Crippen molar-refractivity contribution in [1.82, 2.24) is 4.98 Å². The van der Waals surface area contributed by atoms with Gasteiger partial charge < -0.3 is 11.1 Å². The minimum Gasteiger partial charge on any atom is -0.379 e. The fourth-order valence-electron chi connectivity index (χ4n) is 3.96. The number of hydrogen-bond acceptors (Lipinski definition) is 5. The first kappa shape index (κ1) is 19.6. The minimum atomic E-state index is 0.177. The highest BCUT2D eigenvalue weighted by molar-refractivity contribution is 9.10. The van der Waals surface area contributed by atoms with Crippen LogP contribution in [0.5, 0.6) is 0 Å². The zero-order valence-corrected chi connectivity index (χ0v) is 19.4. The molecular formula is C20H23BrClN3S2. The van der Waals surface area contributed by atoms with Crippen LogP contribution in [0, 0.1) is 5.41 Å².